The van der Waals surface area contributed by atoms with Crippen LogP contribution in [-0.2, 0) is 6.61 Å². The molecule has 3 aromatic rings. The van der Waals surface area contributed by atoms with E-state index in [2.05, 4.69) is 4.98 Å². The molecule has 2 aromatic carbocycles. The molecule has 0 aliphatic rings. The summed E-state index contributed by atoms with van der Waals surface area (Å²) in [6.07, 6.45) is 1.64. The lowest BCUT2D eigenvalue weighted by molar-refractivity contribution is 0.290. The molecule has 0 fully saturated rings. The summed E-state index contributed by atoms with van der Waals surface area (Å²) >= 11 is 1.32. The average Bonchev–Trinajstić information content (AvgIpc) is 2.93. The largest absolute Gasteiger partial charge is 0.486 e. The maximum atomic E-state index is 14.1. The molecular formula is C16H13FN2OS. The Bertz CT molecular complexity index is 743. The van der Waals surface area contributed by atoms with Gasteiger partial charge < -0.3 is 10.5 Å². The molecule has 3 rings (SSSR count). The predicted octanol–water partition coefficient (Wildman–Crippen LogP) is 4.11. The quantitative estimate of drug-likeness (QED) is 0.788. The molecule has 0 aliphatic carbocycles. The van der Waals surface area contributed by atoms with Gasteiger partial charge >= 0.3 is 0 Å². The van der Waals surface area contributed by atoms with Crippen LogP contribution in [0.3, 0.4) is 0 Å². The predicted molar refractivity (Wildman–Crippen MR) is 82.7 cm³/mol. The topological polar surface area (TPSA) is 48.1 Å². The molecule has 0 spiro atoms. The number of nitrogens with zero attached hydrogens (tertiary/aromatic N) is 1. The number of aromatic nitrogens is 1. The average molecular weight is 300 g/mol. The van der Waals surface area contributed by atoms with Crippen LogP contribution in [0.25, 0.3) is 10.4 Å². The van der Waals surface area contributed by atoms with Crippen LogP contribution in [0.4, 0.5) is 9.52 Å². The molecule has 0 saturated heterocycles. The molecule has 21 heavy (non-hydrogen) atoms. The second kappa shape index (κ2) is 5.93. The lowest BCUT2D eigenvalue weighted by Crippen LogP contribution is -1.97. The van der Waals surface area contributed by atoms with E-state index in [1.54, 1.807) is 18.3 Å². The molecule has 0 bridgehead atoms. The minimum atomic E-state index is -0.393. The van der Waals surface area contributed by atoms with E-state index < -0.39 is 5.82 Å². The molecule has 0 unspecified atom stereocenters. The van der Waals surface area contributed by atoms with Gasteiger partial charge in [-0.05, 0) is 29.3 Å². The van der Waals surface area contributed by atoms with Crippen LogP contribution in [0.5, 0.6) is 5.75 Å². The summed E-state index contributed by atoms with van der Waals surface area (Å²) in [5.41, 5.74) is 7.33. The highest BCUT2D eigenvalue weighted by atomic mass is 32.1. The molecule has 0 saturated carbocycles. The standard InChI is InChI=1S/C16H13FN2OS/c17-13-8-12(15-9-19-16(18)21-15)6-7-14(13)20-10-11-4-2-1-3-5-11/h1-9H,10H2,(H2,18,19). The first-order chi connectivity index (χ1) is 10.2. The Balaban J connectivity index is 1.75. The number of halogens is 1. The SMILES string of the molecule is Nc1ncc(-c2ccc(OCc3ccccc3)c(F)c2)s1. The van der Waals surface area contributed by atoms with E-state index in [-0.39, 0.29) is 5.75 Å². The number of thiazole rings is 1. The zero-order valence-corrected chi connectivity index (χ0v) is 11.9. The van der Waals surface area contributed by atoms with Crippen LogP contribution in [0.15, 0.2) is 54.7 Å². The van der Waals surface area contributed by atoms with Gasteiger partial charge in [-0.2, -0.15) is 0 Å². The minimum Gasteiger partial charge on any atom is -0.486 e. The zero-order chi connectivity index (χ0) is 14.7. The van der Waals surface area contributed by atoms with Crippen molar-refractivity contribution in [1.29, 1.82) is 0 Å². The van der Waals surface area contributed by atoms with Crippen LogP contribution in [0.2, 0.25) is 0 Å². The Morgan fingerprint density at radius 1 is 1.14 bits per heavy atom. The first-order valence-electron chi connectivity index (χ1n) is 6.40. The first kappa shape index (κ1) is 13.6. The Kier molecular flexibility index (Phi) is 3.83. The number of hydrogen-bond acceptors (Lipinski definition) is 4. The van der Waals surface area contributed by atoms with E-state index in [0.29, 0.717) is 11.7 Å². The molecule has 1 aromatic heterocycles. The number of nitrogen functional groups attached to an aromatic ring is 1. The molecule has 3 nitrogen and oxygen atoms in total. The summed E-state index contributed by atoms with van der Waals surface area (Å²) in [4.78, 5) is 4.80. The van der Waals surface area contributed by atoms with Crippen molar-refractivity contribution in [2.75, 3.05) is 5.73 Å². The van der Waals surface area contributed by atoms with Crippen LogP contribution < -0.4 is 10.5 Å². The molecule has 2 N–H and O–H groups in total. The molecule has 0 amide bonds. The number of rotatable bonds is 4. The van der Waals surface area contributed by atoms with Crippen molar-refractivity contribution in [3.63, 3.8) is 0 Å². The first-order valence-corrected chi connectivity index (χ1v) is 7.22. The molecule has 0 aliphatic heterocycles. The van der Waals surface area contributed by atoms with Crippen molar-refractivity contribution in [2.24, 2.45) is 0 Å². The van der Waals surface area contributed by atoms with Gasteiger partial charge in [0.15, 0.2) is 16.7 Å². The fraction of sp³-hybridized carbons (Fsp3) is 0.0625. The monoisotopic (exact) mass is 300 g/mol. The smallest absolute Gasteiger partial charge is 0.180 e. The summed E-state index contributed by atoms with van der Waals surface area (Å²) in [6.45, 7) is 0.338. The maximum absolute atomic E-state index is 14.1. The van der Waals surface area contributed by atoms with E-state index in [0.717, 1.165) is 16.0 Å². The van der Waals surface area contributed by atoms with Gasteiger partial charge in [0.25, 0.3) is 0 Å². The van der Waals surface area contributed by atoms with Crippen molar-refractivity contribution in [1.82, 2.24) is 4.98 Å². The van der Waals surface area contributed by atoms with E-state index in [1.165, 1.54) is 17.4 Å². The number of hydrogen-bond donors (Lipinski definition) is 1. The third kappa shape index (κ3) is 3.20. The molecular weight excluding hydrogens is 287 g/mol. The normalized spacial score (nSPS) is 10.5. The van der Waals surface area contributed by atoms with E-state index in [4.69, 9.17) is 10.5 Å². The second-order valence-electron chi connectivity index (χ2n) is 4.48. The molecule has 1 heterocycles. The Hall–Kier alpha value is -2.40. The van der Waals surface area contributed by atoms with Gasteiger partial charge in [0.05, 0.1) is 4.88 Å². The molecule has 0 radical (unpaired) electrons. The van der Waals surface area contributed by atoms with Gasteiger partial charge in [-0.25, -0.2) is 9.37 Å². The Morgan fingerprint density at radius 2 is 1.95 bits per heavy atom. The third-order valence-corrected chi connectivity index (χ3v) is 3.85. The van der Waals surface area contributed by atoms with Crippen molar-refractivity contribution >= 4 is 16.5 Å². The highest BCUT2D eigenvalue weighted by Crippen LogP contribution is 2.30. The summed E-state index contributed by atoms with van der Waals surface area (Å²) in [7, 11) is 0. The van der Waals surface area contributed by atoms with Gasteiger partial charge in [-0.1, -0.05) is 41.7 Å². The number of benzene rings is 2. The summed E-state index contributed by atoms with van der Waals surface area (Å²) in [5.74, 6) is -0.157. The van der Waals surface area contributed by atoms with Crippen LogP contribution >= 0.6 is 11.3 Å². The van der Waals surface area contributed by atoms with Crippen LogP contribution in [-0.4, -0.2) is 4.98 Å². The molecule has 106 valence electrons. The second-order valence-corrected chi connectivity index (χ2v) is 5.54. The minimum absolute atomic E-state index is 0.236. The zero-order valence-electron chi connectivity index (χ0n) is 11.1. The number of anilines is 1. The number of nitrogens with two attached hydrogens (primary N) is 1. The van der Waals surface area contributed by atoms with Crippen LogP contribution in [0, 0.1) is 5.82 Å². The summed E-state index contributed by atoms with van der Waals surface area (Å²) < 4.78 is 19.6. The summed E-state index contributed by atoms with van der Waals surface area (Å²) in [6, 6.07) is 14.5. The lowest BCUT2D eigenvalue weighted by atomic mass is 10.2. The van der Waals surface area contributed by atoms with Crippen molar-refractivity contribution in [2.45, 2.75) is 6.61 Å². The fourth-order valence-corrected chi connectivity index (χ4v) is 2.61. The Labute approximate surface area is 125 Å². The van der Waals surface area contributed by atoms with Crippen LogP contribution in [0.1, 0.15) is 5.56 Å². The third-order valence-electron chi connectivity index (χ3n) is 2.98. The Morgan fingerprint density at radius 3 is 2.62 bits per heavy atom. The lowest BCUT2D eigenvalue weighted by Gasteiger charge is -2.08. The highest BCUT2D eigenvalue weighted by molar-refractivity contribution is 7.18. The van der Waals surface area contributed by atoms with Gasteiger partial charge in [-0.15, -0.1) is 0 Å². The van der Waals surface area contributed by atoms with Gasteiger partial charge in [-0.3, -0.25) is 0 Å². The van der Waals surface area contributed by atoms with E-state index in [1.807, 2.05) is 30.3 Å². The summed E-state index contributed by atoms with van der Waals surface area (Å²) in [5, 5.41) is 0.467. The van der Waals surface area contributed by atoms with E-state index in [9.17, 15) is 4.39 Å². The number of ether oxygens (including phenoxy) is 1. The van der Waals surface area contributed by atoms with E-state index >= 15 is 0 Å². The van der Waals surface area contributed by atoms with Gasteiger partial charge in [0.1, 0.15) is 6.61 Å². The van der Waals surface area contributed by atoms with Gasteiger partial charge in [0, 0.05) is 6.20 Å². The van der Waals surface area contributed by atoms with Gasteiger partial charge in [0.2, 0.25) is 0 Å². The highest BCUT2D eigenvalue weighted by Gasteiger charge is 2.08. The molecule has 0 atom stereocenters. The van der Waals surface area contributed by atoms with Crippen molar-refractivity contribution in [3.05, 3.63) is 66.1 Å². The molecule has 5 heteroatoms. The fourth-order valence-electron chi connectivity index (χ4n) is 1.93. The maximum Gasteiger partial charge on any atom is 0.180 e. The van der Waals surface area contributed by atoms with Crippen molar-refractivity contribution < 1.29 is 9.13 Å². The van der Waals surface area contributed by atoms with Crippen molar-refractivity contribution in [3.8, 4) is 16.2 Å².